The molecule has 8 heteroatoms. The third-order valence-electron chi connectivity index (χ3n) is 2.82. The van der Waals surface area contributed by atoms with E-state index in [-0.39, 0.29) is 10.8 Å². The Balaban J connectivity index is 2.53. The number of carbonyl (C=O) groups excluding carboxylic acids is 1. The van der Waals surface area contributed by atoms with Gasteiger partial charge in [-0.05, 0) is 37.3 Å². The summed E-state index contributed by atoms with van der Waals surface area (Å²) in [4.78, 5) is 12.9. The van der Waals surface area contributed by atoms with E-state index in [1.165, 1.54) is 12.1 Å². The molecule has 0 radical (unpaired) electrons. The Morgan fingerprint density at radius 3 is 2.55 bits per heavy atom. The monoisotopic (exact) mass is 299 g/mol. The molecular weight excluding hydrogens is 291 g/mol. The Labute approximate surface area is 117 Å². The van der Waals surface area contributed by atoms with Crippen LogP contribution in [0.1, 0.15) is 18.1 Å². The van der Waals surface area contributed by atoms with E-state index >= 15 is 0 Å². The van der Waals surface area contributed by atoms with Crippen LogP contribution in [0.3, 0.4) is 0 Å². The Bertz CT molecular complexity index is 636. The van der Waals surface area contributed by atoms with Crippen LogP contribution in [0.25, 0.3) is 0 Å². The number of thiocarbonyl (C=S) groups is 1. The van der Waals surface area contributed by atoms with Crippen LogP contribution < -0.4 is 10.2 Å². The Morgan fingerprint density at radius 2 is 2.10 bits per heavy atom. The van der Waals surface area contributed by atoms with Crippen molar-refractivity contribution in [3.05, 3.63) is 29.3 Å². The summed E-state index contributed by atoms with van der Waals surface area (Å²) in [5, 5.41) is 11.4. The number of nitriles is 1. The number of hydrogen-bond acceptors (Lipinski definition) is 3. The summed E-state index contributed by atoms with van der Waals surface area (Å²) in [5.41, 5.74) is -1.60. The number of anilines is 1. The number of alkyl halides is 3. The second kappa shape index (κ2) is 4.76. The molecule has 2 rings (SSSR count). The molecule has 1 amide bonds. The van der Waals surface area contributed by atoms with E-state index in [9.17, 15) is 18.0 Å². The SMILES string of the molecule is C[C@@H]1NC(=S)N(c2ccc(C#N)c(C(F)(F)F)c2)C1=O. The number of rotatable bonds is 1. The van der Waals surface area contributed by atoms with E-state index in [0.717, 1.165) is 17.0 Å². The summed E-state index contributed by atoms with van der Waals surface area (Å²) in [6, 6.07) is 3.93. The van der Waals surface area contributed by atoms with E-state index in [1.54, 1.807) is 6.92 Å². The zero-order valence-electron chi connectivity index (χ0n) is 10.2. The maximum atomic E-state index is 12.9. The van der Waals surface area contributed by atoms with Crippen molar-refractivity contribution in [1.82, 2.24) is 5.32 Å². The topological polar surface area (TPSA) is 56.1 Å². The maximum Gasteiger partial charge on any atom is 0.417 e. The van der Waals surface area contributed by atoms with Gasteiger partial charge in [0.1, 0.15) is 6.04 Å². The lowest BCUT2D eigenvalue weighted by atomic mass is 10.1. The Hall–Kier alpha value is -2.14. The highest BCUT2D eigenvalue weighted by atomic mass is 32.1. The molecule has 0 unspecified atom stereocenters. The van der Waals surface area contributed by atoms with E-state index in [0.29, 0.717) is 0 Å². The average molecular weight is 299 g/mol. The van der Waals surface area contributed by atoms with Gasteiger partial charge in [-0.3, -0.25) is 9.69 Å². The molecule has 1 atom stereocenters. The molecule has 1 aromatic carbocycles. The fourth-order valence-corrected chi connectivity index (χ4v) is 2.23. The van der Waals surface area contributed by atoms with Crippen molar-refractivity contribution in [2.24, 2.45) is 0 Å². The molecule has 1 aromatic rings. The highest BCUT2D eigenvalue weighted by Crippen LogP contribution is 2.35. The molecule has 0 bridgehead atoms. The maximum absolute atomic E-state index is 12.9. The van der Waals surface area contributed by atoms with Gasteiger partial charge in [-0.25, -0.2) is 0 Å². The van der Waals surface area contributed by atoms with Crippen LogP contribution in [0.4, 0.5) is 18.9 Å². The zero-order valence-corrected chi connectivity index (χ0v) is 11.0. The lowest BCUT2D eigenvalue weighted by Crippen LogP contribution is -2.31. The predicted octanol–water partition coefficient (Wildman–Crippen LogP) is 2.19. The molecule has 1 aliphatic heterocycles. The van der Waals surface area contributed by atoms with Crippen molar-refractivity contribution < 1.29 is 18.0 Å². The predicted molar refractivity (Wildman–Crippen MR) is 68.8 cm³/mol. The first-order valence-electron chi connectivity index (χ1n) is 5.51. The fourth-order valence-electron chi connectivity index (χ4n) is 1.85. The van der Waals surface area contributed by atoms with Crippen molar-refractivity contribution >= 4 is 28.9 Å². The highest BCUT2D eigenvalue weighted by Gasteiger charge is 2.37. The highest BCUT2D eigenvalue weighted by molar-refractivity contribution is 7.80. The molecule has 0 spiro atoms. The van der Waals surface area contributed by atoms with E-state index in [4.69, 9.17) is 17.5 Å². The molecule has 0 aliphatic carbocycles. The number of halogens is 3. The normalized spacial score (nSPS) is 18.9. The van der Waals surface area contributed by atoms with Crippen LogP contribution in [0, 0.1) is 11.3 Å². The third-order valence-corrected chi connectivity index (χ3v) is 3.12. The van der Waals surface area contributed by atoms with Gasteiger partial charge in [0.2, 0.25) is 0 Å². The summed E-state index contributed by atoms with van der Waals surface area (Å²) >= 11 is 4.92. The summed E-state index contributed by atoms with van der Waals surface area (Å²) in [6.07, 6.45) is -4.68. The van der Waals surface area contributed by atoms with Crippen molar-refractivity contribution in [3.8, 4) is 6.07 Å². The lowest BCUT2D eigenvalue weighted by molar-refractivity contribution is -0.137. The Kier molecular flexibility index (Phi) is 3.39. The zero-order chi connectivity index (χ0) is 15.1. The van der Waals surface area contributed by atoms with Crippen LogP contribution in [0.15, 0.2) is 18.2 Å². The largest absolute Gasteiger partial charge is 0.417 e. The molecule has 4 nitrogen and oxygen atoms in total. The van der Waals surface area contributed by atoms with Crippen LogP contribution in [0.2, 0.25) is 0 Å². The molecule has 0 aromatic heterocycles. The second-order valence-corrected chi connectivity index (χ2v) is 4.57. The first kappa shape index (κ1) is 14.3. The molecule has 0 saturated carbocycles. The van der Waals surface area contributed by atoms with Crippen molar-refractivity contribution in [2.45, 2.75) is 19.1 Å². The molecule has 1 heterocycles. The first-order chi connectivity index (χ1) is 9.25. The lowest BCUT2D eigenvalue weighted by Gasteiger charge is -2.17. The summed E-state index contributed by atoms with van der Waals surface area (Å²) in [6.45, 7) is 1.56. The second-order valence-electron chi connectivity index (χ2n) is 4.18. The molecule has 20 heavy (non-hydrogen) atoms. The minimum atomic E-state index is -4.68. The first-order valence-corrected chi connectivity index (χ1v) is 5.92. The third kappa shape index (κ3) is 2.32. The van der Waals surface area contributed by atoms with Crippen LogP contribution in [0.5, 0.6) is 0 Å². The van der Waals surface area contributed by atoms with E-state index in [1.807, 2.05) is 0 Å². The molecule has 1 fully saturated rings. The number of nitrogens with zero attached hydrogens (tertiary/aromatic N) is 2. The van der Waals surface area contributed by atoms with Crippen molar-refractivity contribution in [1.29, 1.82) is 5.26 Å². The molecule has 1 saturated heterocycles. The molecular formula is C12H8F3N3OS. The van der Waals surface area contributed by atoms with Gasteiger partial charge in [-0.1, -0.05) is 0 Å². The van der Waals surface area contributed by atoms with Gasteiger partial charge in [-0.2, -0.15) is 18.4 Å². The van der Waals surface area contributed by atoms with E-state index in [2.05, 4.69) is 5.32 Å². The molecule has 1 N–H and O–H groups in total. The van der Waals surface area contributed by atoms with Gasteiger partial charge in [0.15, 0.2) is 5.11 Å². The van der Waals surface area contributed by atoms with Gasteiger partial charge in [0, 0.05) is 0 Å². The van der Waals surface area contributed by atoms with Crippen molar-refractivity contribution in [3.63, 3.8) is 0 Å². The van der Waals surface area contributed by atoms with Crippen LogP contribution in [-0.2, 0) is 11.0 Å². The summed E-state index contributed by atoms with van der Waals surface area (Å²) < 4.78 is 38.6. The van der Waals surface area contributed by atoms with Gasteiger partial charge < -0.3 is 5.32 Å². The standard InChI is InChI=1S/C12H8F3N3OS/c1-6-10(19)18(11(20)17-6)8-3-2-7(5-16)9(4-8)12(13,14)15/h2-4,6H,1H3,(H,17,20)/t6-/m0/s1. The number of amides is 1. The minimum Gasteiger partial charge on any atom is -0.350 e. The Morgan fingerprint density at radius 1 is 1.45 bits per heavy atom. The minimum absolute atomic E-state index is 0.0109. The van der Waals surface area contributed by atoms with Gasteiger partial charge in [-0.15, -0.1) is 0 Å². The fraction of sp³-hybridized carbons (Fsp3) is 0.250. The quantitative estimate of drug-likeness (QED) is 0.808. The van der Waals surface area contributed by atoms with Gasteiger partial charge >= 0.3 is 6.18 Å². The summed E-state index contributed by atoms with van der Waals surface area (Å²) in [5.74, 6) is -0.437. The molecule has 104 valence electrons. The number of benzene rings is 1. The van der Waals surface area contributed by atoms with Gasteiger partial charge in [0.25, 0.3) is 5.91 Å². The van der Waals surface area contributed by atoms with E-state index < -0.39 is 29.3 Å². The van der Waals surface area contributed by atoms with Crippen LogP contribution in [-0.4, -0.2) is 17.1 Å². The average Bonchev–Trinajstić information content (AvgIpc) is 2.61. The van der Waals surface area contributed by atoms with Gasteiger partial charge in [0.05, 0.1) is 22.9 Å². The number of carbonyl (C=O) groups is 1. The molecule has 1 aliphatic rings. The van der Waals surface area contributed by atoms with Crippen LogP contribution >= 0.6 is 12.2 Å². The smallest absolute Gasteiger partial charge is 0.350 e. The van der Waals surface area contributed by atoms with Crippen molar-refractivity contribution in [2.75, 3.05) is 4.90 Å². The number of hydrogen-bond donors (Lipinski definition) is 1. The summed E-state index contributed by atoms with van der Waals surface area (Å²) in [7, 11) is 0. The number of nitrogens with one attached hydrogen (secondary N) is 1.